The molecule has 0 fully saturated rings. The van der Waals surface area contributed by atoms with Crippen molar-refractivity contribution in [3.8, 4) is 22.4 Å². The Kier molecular flexibility index (Phi) is 3.44. The first-order valence-electron chi connectivity index (χ1n) is 6.32. The Morgan fingerprint density at radius 1 is 0.714 bits per heavy atom. The maximum atomic E-state index is 13.4. The van der Waals surface area contributed by atoms with Gasteiger partial charge in [-0.2, -0.15) is 0 Å². The largest absolute Gasteiger partial charge is 0.256 e. The van der Waals surface area contributed by atoms with Gasteiger partial charge in [0, 0.05) is 17.3 Å². The quantitative estimate of drug-likeness (QED) is 0.614. The summed E-state index contributed by atoms with van der Waals surface area (Å²) in [7, 11) is 0. The van der Waals surface area contributed by atoms with Crippen LogP contribution in [0.25, 0.3) is 22.4 Å². The van der Waals surface area contributed by atoms with Crippen LogP contribution in [0.4, 0.5) is 13.2 Å². The average molecular weight is 285 g/mol. The maximum Gasteiger partial charge on any atom is 0.194 e. The van der Waals surface area contributed by atoms with E-state index in [1.165, 1.54) is 0 Å². The van der Waals surface area contributed by atoms with Crippen LogP contribution in [-0.4, -0.2) is 4.98 Å². The molecule has 0 saturated heterocycles. The van der Waals surface area contributed by atoms with Crippen LogP contribution in [0.15, 0.2) is 60.8 Å². The standard InChI is InChI=1S/C17H10F3N/c18-14-9-12(10-15(19)16(14)20)13-7-4-8-21-17(13)11-5-2-1-3-6-11/h1-10H. The van der Waals surface area contributed by atoms with E-state index in [9.17, 15) is 13.2 Å². The Morgan fingerprint density at radius 2 is 1.38 bits per heavy atom. The van der Waals surface area contributed by atoms with E-state index in [0.717, 1.165) is 17.7 Å². The number of benzene rings is 2. The van der Waals surface area contributed by atoms with Crippen molar-refractivity contribution in [1.82, 2.24) is 4.98 Å². The SMILES string of the molecule is Fc1cc(-c2cccnc2-c2ccccc2)cc(F)c1F. The summed E-state index contributed by atoms with van der Waals surface area (Å²) in [5.41, 5.74) is 2.20. The van der Waals surface area contributed by atoms with Crippen molar-refractivity contribution < 1.29 is 13.2 Å². The Hall–Kier alpha value is -2.62. The van der Waals surface area contributed by atoms with Gasteiger partial charge in [-0.25, -0.2) is 13.2 Å². The molecule has 0 atom stereocenters. The van der Waals surface area contributed by atoms with Crippen molar-refractivity contribution in [3.63, 3.8) is 0 Å². The minimum Gasteiger partial charge on any atom is -0.256 e. The molecule has 0 amide bonds. The van der Waals surface area contributed by atoms with Crippen molar-refractivity contribution in [2.75, 3.05) is 0 Å². The number of halogens is 3. The lowest BCUT2D eigenvalue weighted by Gasteiger charge is -2.09. The van der Waals surface area contributed by atoms with Gasteiger partial charge < -0.3 is 0 Å². The van der Waals surface area contributed by atoms with Crippen LogP contribution >= 0.6 is 0 Å². The molecule has 1 aromatic heterocycles. The molecule has 3 rings (SSSR count). The summed E-state index contributed by atoms with van der Waals surface area (Å²) in [5, 5.41) is 0. The molecule has 0 aliphatic heterocycles. The van der Waals surface area contributed by atoms with E-state index in [1.807, 2.05) is 30.3 Å². The minimum atomic E-state index is -1.47. The molecule has 0 spiro atoms. The van der Waals surface area contributed by atoms with E-state index < -0.39 is 17.5 Å². The van der Waals surface area contributed by atoms with Crippen LogP contribution in [0.3, 0.4) is 0 Å². The zero-order valence-electron chi connectivity index (χ0n) is 10.9. The lowest BCUT2D eigenvalue weighted by molar-refractivity contribution is 0.448. The summed E-state index contributed by atoms with van der Waals surface area (Å²) in [6.45, 7) is 0. The smallest absolute Gasteiger partial charge is 0.194 e. The van der Waals surface area contributed by atoms with E-state index >= 15 is 0 Å². The normalized spacial score (nSPS) is 10.6. The predicted octanol–water partition coefficient (Wildman–Crippen LogP) is 4.83. The lowest BCUT2D eigenvalue weighted by Crippen LogP contribution is -1.94. The van der Waals surface area contributed by atoms with Gasteiger partial charge in [0.25, 0.3) is 0 Å². The summed E-state index contributed by atoms with van der Waals surface area (Å²) in [5.74, 6) is -3.90. The fourth-order valence-corrected chi connectivity index (χ4v) is 2.18. The third kappa shape index (κ3) is 2.52. The molecule has 3 aromatic rings. The highest BCUT2D eigenvalue weighted by Crippen LogP contribution is 2.31. The van der Waals surface area contributed by atoms with Crippen LogP contribution < -0.4 is 0 Å². The first kappa shape index (κ1) is 13.4. The van der Waals surface area contributed by atoms with Gasteiger partial charge in [-0.3, -0.25) is 4.98 Å². The zero-order chi connectivity index (χ0) is 14.8. The average Bonchev–Trinajstić information content (AvgIpc) is 2.53. The molecule has 4 heteroatoms. The van der Waals surface area contributed by atoms with Gasteiger partial charge in [0.2, 0.25) is 0 Å². The molecular weight excluding hydrogens is 275 g/mol. The van der Waals surface area contributed by atoms with Crippen molar-refractivity contribution in [3.05, 3.63) is 78.2 Å². The summed E-state index contributed by atoms with van der Waals surface area (Å²) < 4.78 is 39.9. The van der Waals surface area contributed by atoms with E-state index in [4.69, 9.17) is 0 Å². The van der Waals surface area contributed by atoms with E-state index in [2.05, 4.69) is 4.98 Å². The molecule has 0 aliphatic carbocycles. The molecule has 0 aliphatic rings. The van der Waals surface area contributed by atoms with Crippen LogP contribution in [0.2, 0.25) is 0 Å². The third-order valence-corrected chi connectivity index (χ3v) is 3.15. The van der Waals surface area contributed by atoms with Gasteiger partial charge in [0.15, 0.2) is 17.5 Å². The second-order valence-electron chi connectivity index (χ2n) is 4.52. The predicted molar refractivity (Wildman–Crippen MR) is 75.0 cm³/mol. The number of hydrogen-bond donors (Lipinski definition) is 0. The van der Waals surface area contributed by atoms with Gasteiger partial charge in [0.1, 0.15) is 0 Å². The van der Waals surface area contributed by atoms with Crippen molar-refractivity contribution in [2.24, 2.45) is 0 Å². The number of pyridine rings is 1. The highest BCUT2D eigenvalue weighted by Gasteiger charge is 2.14. The first-order valence-corrected chi connectivity index (χ1v) is 6.32. The van der Waals surface area contributed by atoms with Gasteiger partial charge in [-0.15, -0.1) is 0 Å². The molecule has 0 N–H and O–H groups in total. The van der Waals surface area contributed by atoms with Gasteiger partial charge in [-0.05, 0) is 23.8 Å². The number of rotatable bonds is 2. The number of nitrogens with zero attached hydrogens (tertiary/aromatic N) is 1. The van der Waals surface area contributed by atoms with Gasteiger partial charge in [-0.1, -0.05) is 36.4 Å². The fraction of sp³-hybridized carbons (Fsp3) is 0. The second kappa shape index (κ2) is 5.40. The molecule has 1 heterocycles. The summed E-state index contributed by atoms with van der Waals surface area (Å²) in [6.07, 6.45) is 1.60. The zero-order valence-corrected chi connectivity index (χ0v) is 10.9. The molecule has 0 bridgehead atoms. The van der Waals surface area contributed by atoms with Crippen LogP contribution in [-0.2, 0) is 0 Å². The summed E-state index contributed by atoms with van der Waals surface area (Å²) in [4.78, 5) is 4.27. The fourth-order valence-electron chi connectivity index (χ4n) is 2.18. The number of hydrogen-bond acceptors (Lipinski definition) is 1. The monoisotopic (exact) mass is 285 g/mol. The van der Waals surface area contributed by atoms with Gasteiger partial charge in [0.05, 0.1) is 5.69 Å². The summed E-state index contributed by atoms with van der Waals surface area (Å²) >= 11 is 0. The summed E-state index contributed by atoms with van der Waals surface area (Å²) in [6, 6.07) is 14.6. The van der Waals surface area contributed by atoms with E-state index in [0.29, 0.717) is 11.3 Å². The number of aromatic nitrogens is 1. The second-order valence-corrected chi connectivity index (χ2v) is 4.52. The van der Waals surface area contributed by atoms with Crippen molar-refractivity contribution in [2.45, 2.75) is 0 Å². The van der Waals surface area contributed by atoms with Crippen LogP contribution in [0.1, 0.15) is 0 Å². The molecule has 21 heavy (non-hydrogen) atoms. The highest BCUT2D eigenvalue weighted by molar-refractivity contribution is 5.80. The molecule has 1 nitrogen and oxygen atoms in total. The van der Waals surface area contributed by atoms with Crippen molar-refractivity contribution in [1.29, 1.82) is 0 Å². The van der Waals surface area contributed by atoms with Crippen molar-refractivity contribution >= 4 is 0 Å². The maximum absolute atomic E-state index is 13.4. The topological polar surface area (TPSA) is 12.9 Å². The molecule has 2 aromatic carbocycles. The van der Waals surface area contributed by atoms with Gasteiger partial charge >= 0.3 is 0 Å². The third-order valence-electron chi connectivity index (χ3n) is 3.15. The van der Waals surface area contributed by atoms with Crippen LogP contribution in [0.5, 0.6) is 0 Å². The Labute approximate surface area is 119 Å². The lowest BCUT2D eigenvalue weighted by atomic mass is 9.99. The molecular formula is C17H10F3N. The van der Waals surface area contributed by atoms with Crippen LogP contribution in [0, 0.1) is 17.5 Å². The molecule has 0 unspecified atom stereocenters. The highest BCUT2D eigenvalue weighted by atomic mass is 19.2. The first-order chi connectivity index (χ1) is 10.2. The van der Waals surface area contributed by atoms with E-state index in [-0.39, 0.29) is 5.56 Å². The minimum absolute atomic E-state index is 0.248. The molecule has 0 saturated carbocycles. The molecule has 104 valence electrons. The Morgan fingerprint density at radius 3 is 2.05 bits per heavy atom. The Balaban J connectivity index is 2.21. The molecule has 0 radical (unpaired) electrons. The van der Waals surface area contributed by atoms with E-state index in [1.54, 1.807) is 18.3 Å². The Bertz CT molecular complexity index is 762.